The summed E-state index contributed by atoms with van der Waals surface area (Å²) in [5.74, 6) is 1.36. The van der Waals surface area contributed by atoms with Gasteiger partial charge in [-0.25, -0.2) is 9.69 Å². The molecule has 4 aromatic rings. The minimum atomic E-state index is -0.584. The van der Waals surface area contributed by atoms with Crippen molar-refractivity contribution in [3.8, 4) is 17.2 Å². The van der Waals surface area contributed by atoms with Crippen LogP contribution in [0.1, 0.15) is 22.8 Å². The number of carbonyl (C=O) groups excluding carboxylic acids is 2. The van der Waals surface area contributed by atoms with Crippen LogP contribution >= 0.6 is 0 Å². The summed E-state index contributed by atoms with van der Waals surface area (Å²) >= 11 is 0. The maximum Gasteiger partial charge on any atom is 0.424 e. The largest absolute Gasteiger partial charge is 0.485 e. The fraction of sp³-hybridized carbons (Fsp3) is 0.0625. The first-order valence-electron chi connectivity index (χ1n) is 12.2. The van der Waals surface area contributed by atoms with E-state index in [0.717, 1.165) is 16.9 Å². The number of anilines is 2. The van der Waals surface area contributed by atoms with Crippen molar-refractivity contribution in [1.82, 2.24) is 0 Å². The molecule has 0 bridgehead atoms. The maximum atomic E-state index is 13.3. The standard InChI is InChI=1S/C32H23NO5/c1-21-23(18-22-10-8-9-15-28(22)36-21)19-30-31(34)27-17-16-26(20-29(27)38-30)37-32(35)33(24-11-4-2-5-12-24)25-13-6-3-7-14-25/h2-21H,1H3. The zero-order chi connectivity index (χ0) is 26.1. The molecule has 6 rings (SSSR count). The van der Waals surface area contributed by atoms with E-state index in [4.69, 9.17) is 14.2 Å². The molecule has 0 aliphatic carbocycles. The predicted molar refractivity (Wildman–Crippen MR) is 145 cm³/mol. The first-order valence-corrected chi connectivity index (χ1v) is 12.2. The summed E-state index contributed by atoms with van der Waals surface area (Å²) in [6, 6.07) is 31.0. The molecule has 6 nitrogen and oxygen atoms in total. The number of ether oxygens (including phenoxy) is 3. The van der Waals surface area contributed by atoms with Gasteiger partial charge >= 0.3 is 6.09 Å². The fourth-order valence-electron chi connectivity index (χ4n) is 4.46. The quantitative estimate of drug-likeness (QED) is 0.274. The smallest absolute Gasteiger partial charge is 0.424 e. The fourth-order valence-corrected chi connectivity index (χ4v) is 4.46. The molecule has 0 saturated heterocycles. The van der Waals surface area contributed by atoms with Gasteiger partial charge in [-0.3, -0.25) is 4.79 Å². The lowest BCUT2D eigenvalue weighted by atomic mass is 10.0. The van der Waals surface area contributed by atoms with Crippen molar-refractivity contribution in [2.24, 2.45) is 0 Å². The molecule has 1 atom stereocenters. The van der Waals surface area contributed by atoms with Gasteiger partial charge < -0.3 is 14.2 Å². The average molecular weight is 502 g/mol. The van der Waals surface area contributed by atoms with Gasteiger partial charge in [0.15, 0.2) is 5.76 Å². The molecular weight excluding hydrogens is 478 g/mol. The summed E-state index contributed by atoms with van der Waals surface area (Å²) in [4.78, 5) is 27.8. The van der Waals surface area contributed by atoms with E-state index in [1.54, 1.807) is 24.3 Å². The number of carbonyl (C=O) groups is 2. The van der Waals surface area contributed by atoms with Gasteiger partial charge in [0.05, 0.1) is 16.9 Å². The Bertz CT molecular complexity index is 1550. The van der Waals surface area contributed by atoms with Crippen molar-refractivity contribution in [3.63, 3.8) is 0 Å². The minimum Gasteiger partial charge on any atom is -0.485 e. The molecule has 0 N–H and O–H groups in total. The molecule has 0 fully saturated rings. The lowest BCUT2D eigenvalue weighted by molar-refractivity contribution is 0.101. The van der Waals surface area contributed by atoms with Crippen molar-refractivity contribution in [1.29, 1.82) is 0 Å². The zero-order valence-corrected chi connectivity index (χ0v) is 20.5. The van der Waals surface area contributed by atoms with Gasteiger partial charge in [0, 0.05) is 11.6 Å². The number of ketones is 1. The summed E-state index contributed by atoms with van der Waals surface area (Å²) < 4.78 is 17.6. The van der Waals surface area contributed by atoms with Crippen LogP contribution in [0, 0.1) is 0 Å². The SMILES string of the molecule is CC1Oc2ccccc2C=C1C=C1Oc2cc(OC(=O)N(c3ccccc3)c3ccccc3)ccc2C1=O. The Morgan fingerprint density at radius 1 is 0.842 bits per heavy atom. The molecule has 2 aliphatic heterocycles. The number of para-hydroxylation sites is 3. The minimum absolute atomic E-state index is 0.194. The van der Waals surface area contributed by atoms with Gasteiger partial charge in [0.1, 0.15) is 23.4 Å². The van der Waals surface area contributed by atoms with Crippen LogP contribution in [0.4, 0.5) is 16.2 Å². The van der Waals surface area contributed by atoms with E-state index in [1.807, 2.05) is 97.9 Å². The van der Waals surface area contributed by atoms with Gasteiger partial charge in [0.25, 0.3) is 0 Å². The summed E-state index contributed by atoms with van der Waals surface area (Å²) in [5.41, 5.74) is 3.51. The molecule has 2 heterocycles. The summed E-state index contributed by atoms with van der Waals surface area (Å²) in [6.07, 6.45) is 2.88. The third-order valence-corrected chi connectivity index (χ3v) is 6.37. The van der Waals surface area contributed by atoms with Crippen LogP contribution in [0.3, 0.4) is 0 Å². The molecule has 38 heavy (non-hydrogen) atoms. The van der Waals surface area contributed by atoms with Gasteiger partial charge in [-0.15, -0.1) is 0 Å². The number of hydrogen-bond acceptors (Lipinski definition) is 5. The Kier molecular flexibility index (Phi) is 5.98. The summed E-state index contributed by atoms with van der Waals surface area (Å²) in [7, 11) is 0. The molecule has 6 heteroatoms. The van der Waals surface area contributed by atoms with Crippen LogP contribution in [0.2, 0.25) is 0 Å². The van der Waals surface area contributed by atoms with E-state index >= 15 is 0 Å². The van der Waals surface area contributed by atoms with Gasteiger partial charge in [-0.2, -0.15) is 0 Å². The second-order valence-electron chi connectivity index (χ2n) is 8.91. The van der Waals surface area contributed by atoms with E-state index in [-0.39, 0.29) is 23.4 Å². The van der Waals surface area contributed by atoms with E-state index in [2.05, 4.69) is 0 Å². The number of nitrogens with zero attached hydrogens (tertiary/aromatic N) is 1. The lowest BCUT2D eigenvalue weighted by Gasteiger charge is -2.22. The van der Waals surface area contributed by atoms with Gasteiger partial charge in [0.2, 0.25) is 5.78 Å². The first kappa shape index (κ1) is 23.3. The van der Waals surface area contributed by atoms with Crippen LogP contribution in [-0.2, 0) is 0 Å². The zero-order valence-electron chi connectivity index (χ0n) is 20.5. The highest BCUT2D eigenvalue weighted by Crippen LogP contribution is 2.37. The number of allylic oxidation sites excluding steroid dienone is 1. The predicted octanol–water partition coefficient (Wildman–Crippen LogP) is 7.35. The normalized spacial score (nSPS) is 16.6. The molecule has 0 aromatic heterocycles. The van der Waals surface area contributed by atoms with Crippen molar-refractivity contribution >= 4 is 29.3 Å². The van der Waals surface area contributed by atoms with E-state index in [1.165, 1.54) is 4.90 Å². The molecule has 4 aromatic carbocycles. The monoisotopic (exact) mass is 501 g/mol. The van der Waals surface area contributed by atoms with E-state index in [0.29, 0.717) is 22.7 Å². The highest BCUT2D eigenvalue weighted by atomic mass is 16.6. The lowest BCUT2D eigenvalue weighted by Crippen LogP contribution is -2.29. The molecule has 0 saturated carbocycles. The highest BCUT2D eigenvalue weighted by molar-refractivity contribution is 6.12. The van der Waals surface area contributed by atoms with Crippen LogP contribution in [-0.4, -0.2) is 18.0 Å². The Balaban J connectivity index is 1.25. The molecular formula is C32H23NO5. The second kappa shape index (κ2) is 9.75. The van der Waals surface area contributed by atoms with Crippen LogP contribution in [0.5, 0.6) is 17.2 Å². The Hall–Kier alpha value is -5.10. The number of rotatable bonds is 4. The number of benzene rings is 4. The molecule has 1 amide bonds. The number of amides is 1. The van der Waals surface area contributed by atoms with Crippen molar-refractivity contribution in [2.45, 2.75) is 13.0 Å². The average Bonchev–Trinajstić information content (AvgIpc) is 3.24. The maximum absolute atomic E-state index is 13.3. The Morgan fingerprint density at radius 2 is 1.50 bits per heavy atom. The van der Waals surface area contributed by atoms with Gasteiger partial charge in [-0.05, 0) is 67.1 Å². The van der Waals surface area contributed by atoms with Crippen molar-refractivity contribution < 1.29 is 23.8 Å². The summed E-state index contributed by atoms with van der Waals surface area (Å²) in [6.45, 7) is 1.92. The van der Waals surface area contributed by atoms with Crippen LogP contribution < -0.4 is 19.1 Å². The molecule has 1 unspecified atom stereocenters. The van der Waals surface area contributed by atoms with Crippen molar-refractivity contribution in [2.75, 3.05) is 4.90 Å². The molecule has 186 valence electrons. The van der Waals surface area contributed by atoms with E-state index < -0.39 is 6.09 Å². The second-order valence-corrected chi connectivity index (χ2v) is 8.91. The van der Waals surface area contributed by atoms with E-state index in [9.17, 15) is 9.59 Å². The third-order valence-electron chi connectivity index (χ3n) is 6.37. The Morgan fingerprint density at radius 3 is 2.21 bits per heavy atom. The van der Waals surface area contributed by atoms with Gasteiger partial charge in [-0.1, -0.05) is 54.6 Å². The van der Waals surface area contributed by atoms with Crippen molar-refractivity contribution in [3.05, 3.63) is 132 Å². The molecule has 0 spiro atoms. The van der Waals surface area contributed by atoms with Crippen LogP contribution in [0.15, 0.2) is 121 Å². The first-order chi connectivity index (χ1) is 18.6. The number of hydrogen-bond donors (Lipinski definition) is 0. The Labute approximate surface area is 220 Å². The number of Topliss-reactive ketones (excluding diaryl/α,β-unsaturated/α-hetero) is 1. The molecule has 2 aliphatic rings. The van der Waals surface area contributed by atoms with Crippen LogP contribution in [0.25, 0.3) is 6.08 Å². The topological polar surface area (TPSA) is 65.1 Å². The highest BCUT2D eigenvalue weighted by Gasteiger charge is 2.30. The third kappa shape index (κ3) is 4.44. The number of fused-ring (bicyclic) bond motifs is 2. The molecule has 0 radical (unpaired) electrons. The summed E-state index contributed by atoms with van der Waals surface area (Å²) in [5, 5.41) is 0.